The summed E-state index contributed by atoms with van der Waals surface area (Å²) >= 11 is 1.98. The molecule has 6 atom stereocenters. The van der Waals surface area contributed by atoms with Gasteiger partial charge in [-0.1, -0.05) is 95.7 Å². The van der Waals surface area contributed by atoms with Gasteiger partial charge in [-0.25, -0.2) is 17.0 Å². The second kappa shape index (κ2) is 13.2. The van der Waals surface area contributed by atoms with Crippen molar-refractivity contribution in [1.82, 2.24) is 0 Å². The Morgan fingerprint density at radius 2 is 1.98 bits per heavy atom. The Morgan fingerprint density at radius 3 is 2.73 bits per heavy atom. The van der Waals surface area contributed by atoms with Crippen LogP contribution in [0.4, 0.5) is 0 Å². The zero-order valence-corrected chi connectivity index (χ0v) is 30.8. The van der Waals surface area contributed by atoms with E-state index in [0.717, 1.165) is 43.9 Å². The Bertz CT molecular complexity index is 1500. The molecular formula is C39H51IrN3OS-4. The van der Waals surface area contributed by atoms with Gasteiger partial charge in [-0.2, -0.15) is 11.6 Å². The van der Waals surface area contributed by atoms with Crippen LogP contribution in [0.3, 0.4) is 0 Å². The van der Waals surface area contributed by atoms with Crippen molar-refractivity contribution in [1.29, 1.82) is 0 Å². The van der Waals surface area contributed by atoms with Crippen molar-refractivity contribution in [2.24, 2.45) is 33.6 Å². The largest absolute Gasteiger partial charge is 0.769 e. The van der Waals surface area contributed by atoms with Gasteiger partial charge in [0.1, 0.15) is 0 Å². The van der Waals surface area contributed by atoms with Crippen LogP contribution in [0, 0.1) is 41.1 Å². The van der Waals surface area contributed by atoms with E-state index in [-0.39, 0.29) is 59.9 Å². The Balaban J connectivity index is 0.000000241. The standard InChI is InChI=1S/C27H34N2OS.C12H17N.Ir/c1-15-9-10-17-16-7-6-8-18(22(16)30-24(17)28-15)20-12-11-19-21-23(31-25(19)29-20)27(4,5)14-13-26(21,2)3;1-10-7-8-12(13-9-10)11-5-3-2-4-6-11;/h8-11,16-17,20,24-25H,6-7,12-14H2,1-5H3;8,10H,2-5,7,9H2,1H3;/q2*-2;/t16?,17?,20-,24?,25-;10-;/m10./s1/i1D3;;. The van der Waals surface area contributed by atoms with Crippen molar-refractivity contribution in [2.75, 3.05) is 6.54 Å². The monoisotopic (exact) mass is 805 g/mol. The minimum absolute atomic E-state index is 0. The molecule has 247 valence electrons. The van der Waals surface area contributed by atoms with E-state index in [1.54, 1.807) is 16.6 Å². The number of nitrogens with zero attached hydrogens (tertiary/aromatic N) is 3. The number of aliphatic imine (C=N–C) groups is 1. The Labute approximate surface area is 294 Å². The first-order valence-corrected chi connectivity index (χ1v) is 18.0. The predicted octanol–water partition coefficient (Wildman–Crippen LogP) is 10.7. The molecule has 8 rings (SSSR count). The molecule has 3 unspecified atom stereocenters. The van der Waals surface area contributed by atoms with Gasteiger partial charge in [0.25, 0.3) is 0 Å². The van der Waals surface area contributed by atoms with Crippen molar-refractivity contribution < 1.29 is 29.0 Å². The van der Waals surface area contributed by atoms with Gasteiger partial charge in [0.2, 0.25) is 0 Å². The number of ether oxygens (including phenoxy) is 1. The Morgan fingerprint density at radius 1 is 1.13 bits per heavy atom. The first kappa shape index (κ1) is 29.7. The van der Waals surface area contributed by atoms with E-state index in [1.807, 2.05) is 17.8 Å². The van der Waals surface area contributed by atoms with E-state index >= 15 is 0 Å². The van der Waals surface area contributed by atoms with E-state index < -0.39 is 13.1 Å². The molecule has 0 bridgehead atoms. The molecule has 4 nitrogen and oxygen atoms in total. The molecule has 0 aromatic heterocycles. The second-order valence-corrected chi connectivity index (χ2v) is 16.4. The van der Waals surface area contributed by atoms with E-state index in [4.69, 9.17) is 14.2 Å². The topological polar surface area (TPSA) is 49.8 Å². The van der Waals surface area contributed by atoms with E-state index in [0.29, 0.717) is 0 Å². The molecule has 3 aliphatic carbocycles. The zero-order chi connectivity index (χ0) is 33.1. The van der Waals surface area contributed by atoms with Crippen molar-refractivity contribution in [3.05, 3.63) is 86.1 Å². The van der Waals surface area contributed by atoms with Crippen LogP contribution in [0.25, 0.3) is 10.6 Å². The normalized spacial score (nSPS) is 36.9. The van der Waals surface area contributed by atoms with E-state index in [9.17, 15) is 0 Å². The molecule has 5 heterocycles. The first-order chi connectivity index (χ1) is 22.3. The molecule has 0 aromatic carbocycles. The number of thioether (sulfide) groups is 1. The SMILES string of the molecule is C[C@H]1CC=C(C2=[C-]CCCC2)[N-]C1.[2H]C([2H])([2H])C1=NC2OC3=C([C@H]4CC=C5C6=C(S[C@H]5[N-]4)C(C)(C)CCC6(C)C)[CH-]CCC3C2C=C1.[Ir]. The maximum absolute atomic E-state index is 7.72. The molecule has 45 heavy (non-hydrogen) atoms. The van der Waals surface area contributed by atoms with Gasteiger partial charge in [0.15, 0.2) is 6.23 Å². The van der Waals surface area contributed by atoms with Crippen molar-refractivity contribution in [3.8, 4) is 0 Å². The third-order valence-corrected chi connectivity index (χ3v) is 12.5. The second-order valence-electron chi connectivity index (χ2n) is 15.3. The molecule has 1 fully saturated rings. The molecule has 8 aliphatic rings. The van der Waals surface area contributed by atoms with Gasteiger partial charge in [0.05, 0.1) is 0 Å². The summed E-state index contributed by atoms with van der Waals surface area (Å²) in [6.07, 6.45) is 25.4. The number of hydrogen-bond acceptors (Lipinski definition) is 3. The molecule has 0 saturated carbocycles. The van der Waals surface area contributed by atoms with Gasteiger partial charge < -0.3 is 21.1 Å². The van der Waals surface area contributed by atoms with Crippen LogP contribution >= 0.6 is 11.8 Å². The first-order valence-electron chi connectivity index (χ1n) is 18.6. The van der Waals surface area contributed by atoms with Crippen LogP contribution < -0.4 is 0 Å². The molecule has 6 heteroatoms. The van der Waals surface area contributed by atoms with Crippen LogP contribution in [0.15, 0.2) is 68.0 Å². The summed E-state index contributed by atoms with van der Waals surface area (Å²) in [6.45, 7) is 10.6. The number of allylic oxidation sites excluding steroid dienone is 6. The Hall–Kier alpha value is -1.46. The summed E-state index contributed by atoms with van der Waals surface area (Å²) in [4.78, 5) is 6.05. The summed E-state index contributed by atoms with van der Waals surface area (Å²) in [6, 6.07) is 0.0989. The molecule has 0 N–H and O–H groups in total. The van der Waals surface area contributed by atoms with Crippen LogP contribution in [-0.4, -0.2) is 29.9 Å². The fourth-order valence-corrected chi connectivity index (χ4v) is 9.95. The average Bonchev–Trinajstić information content (AvgIpc) is 3.64. The third kappa shape index (κ3) is 6.52. The molecule has 1 saturated heterocycles. The summed E-state index contributed by atoms with van der Waals surface area (Å²) in [5.74, 6) is 2.14. The number of fused-ring (bicyclic) bond motifs is 5. The average molecular weight is 805 g/mol. The summed E-state index contributed by atoms with van der Waals surface area (Å²) < 4.78 is 29.6. The number of rotatable bonds is 2. The maximum Gasteiger partial charge on any atom is 0.175 e. The van der Waals surface area contributed by atoms with Crippen LogP contribution in [0.5, 0.6) is 0 Å². The summed E-state index contributed by atoms with van der Waals surface area (Å²) in [5.41, 5.74) is 7.43. The maximum atomic E-state index is 7.72. The van der Waals surface area contributed by atoms with Crippen molar-refractivity contribution in [2.45, 2.75) is 123 Å². The summed E-state index contributed by atoms with van der Waals surface area (Å²) in [5, 5.41) is 10.2. The predicted molar refractivity (Wildman–Crippen MR) is 185 cm³/mol. The van der Waals surface area contributed by atoms with Crippen molar-refractivity contribution >= 4 is 17.5 Å². The fourth-order valence-electron chi connectivity index (χ4n) is 8.25. The molecule has 5 aliphatic heterocycles. The Kier molecular flexibility index (Phi) is 8.71. The van der Waals surface area contributed by atoms with Crippen LogP contribution in [-0.2, 0) is 24.8 Å². The van der Waals surface area contributed by atoms with Gasteiger partial charge in [-0.3, -0.25) is 6.08 Å². The van der Waals surface area contributed by atoms with Gasteiger partial charge in [-0.05, 0) is 65.2 Å². The molecule has 0 amide bonds. The number of dihydropyridines is 1. The van der Waals surface area contributed by atoms with E-state index in [1.165, 1.54) is 60.9 Å². The van der Waals surface area contributed by atoms with E-state index in [2.05, 4.69) is 69.6 Å². The van der Waals surface area contributed by atoms with Gasteiger partial charge >= 0.3 is 0 Å². The fraction of sp³-hybridized carbons (Fsp3) is 0.641. The molecule has 0 aromatic rings. The van der Waals surface area contributed by atoms with Crippen LogP contribution in [0.1, 0.15) is 110 Å². The molecule has 0 spiro atoms. The van der Waals surface area contributed by atoms with Crippen molar-refractivity contribution in [3.63, 3.8) is 0 Å². The number of hydrogen-bond donors (Lipinski definition) is 0. The quantitative estimate of drug-likeness (QED) is 0.261. The molecule has 1 radical (unpaired) electrons. The zero-order valence-electron chi connectivity index (χ0n) is 30.6. The minimum atomic E-state index is -2.20. The van der Waals surface area contributed by atoms with Gasteiger partial charge in [0, 0.05) is 35.8 Å². The van der Waals surface area contributed by atoms with Crippen LogP contribution in [0.2, 0.25) is 0 Å². The molecular weight excluding hydrogens is 751 g/mol. The summed E-state index contributed by atoms with van der Waals surface area (Å²) in [7, 11) is 0. The smallest absolute Gasteiger partial charge is 0.175 e. The third-order valence-electron chi connectivity index (χ3n) is 10.9. The minimum Gasteiger partial charge on any atom is -0.769 e. The van der Waals surface area contributed by atoms with Gasteiger partial charge in [-0.15, -0.1) is 37.2 Å².